The smallest absolute Gasteiger partial charge is 0.238 e. The molecule has 0 aliphatic heterocycles. The molecule has 0 bridgehead atoms. The van der Waals surface area contributed by atoms with Gasteiger partial charge in [-0.15, -0.1) is 0 Å². The minimum atomic E-state index is -3.79. The van der Waals surface area contributed by atoms with Gasteiger partial charge in [0.25, 0.3) is 0 Å². The van der Waals surface area contributed by atoms with Gasteiger partial charge in [-0.05, 0) is 67.6 Å². The molecular formula is C23H22N4O4S2. The molecule has 1 aromatic heterocycles. The second kappa shape index (κ2) is 9.26. The van der Waals surface area contributed by atoms with Gasteiger partial charge in [0, 0.05) is 11.4 Å². The number of anilines is 1. The predicted molar refractivity (Wildman–Crippen MR) is 129 cm³/mol. The fourth-order valence-corrected chi connectivity index (χ4v) is 4.71. The van der Waals surface area contributed by atoms with Gasteiger partial charge in [0.2, 0.25) is 15.9 Å². The number of thioether (sulfide) groups is 1. The van der Waals surface area contributed by atoms with Crippen LogP contribution < -0.4 is 15.2 Å². The lowest BCUT2D eigenvalue weighted by molar-refractivity contribution is -0.115. The van der Waals surface area contributed by atoms with Crippen LogP contribution >= 0.6 is 11.8 Å². The van der Waals surface area contributed by atoms with E-state index < -0.39 is 15.3 Å². The molecule has 0 aliphatic rings. The van der Waals surface area contributed by atoms with E-state index in [1.807, 2.05) is 53.1 Å². The monoisotopic (exact) mass is 482 g/mol. The van der Waals surface area contributed by atoms with Crippen molar-refractivity contribution in [2.24, 2.45) is 5.14 Å². The molecule has 0 radical (unpaired) electrons. The highest BCUT2D eigenvalue weighted by Crippen LogP contribution is 2.31. The summed E-state index contributed by atoms with van der Waals surface area (Å²) in [6, 6.07) is 21.1. The summed E-state index contributed by atoms with van der Waals surface area (Å²) in [4.78, 5) is 17.5. The lowest BCUT2D eigenvalue weighted by atomic mass is 10.2. The summed E-state index contributed by atoms with van der Waals surface area (Å²) >= 11 is 1.33. The van der Waals surface area contributed by atoms with Gasteiger partial charge in [0.15, 0.2) is 5.16 Å². The lowest BCUT2D eigenvalue weighted by Crippen LogP contribution is -2.23. The average molecular weight is 483 g/mol. The molecule has 1 amide bonds. The molecule has 0 saturated carbocycles. The van der Waals surface area contributed by atoms with E-state index in [0.29, 0.717) is 10.8 Å². The van der Waals surface area contributed by atoms with Crippen molar-refractivity contribution in [2.75, 3.05) is 12.4 Å². The number of nitrogens with two attached hydrogens (primary N) is 1. The first kappa shape index (κ1) is 22.8. The van der Waals surface area contributed by atoms with E-state index in [4.69, 9.17) is 14.9 Å². The first-order chi connectivity index (χ1) is 15.8. The van der Waals surface area contributed by atoms with Crippen LogP contribution in [0.25, 0.3) is 16.7 Å². The Morgan fingerprint density at radius 3 is 2.36 bits per heavy atom. The maximum absolute atomic E-state index is 12.8. The molecule has 0 saturated heterocycles. The van der Waals surface area contributed by atoms with Gasteiger partial charge in [-0.3, -0.25) is 9.36 Å². The topological polar surface area (TPSA) is 116 Å². The fraction of sp³-hybridized carbons (Fsp3) is 0.130. The Balaban J connectivity index is 1.58. The van der Waals surface area contributed by atoms with Crippen molar-refractivity contribution in [3.05, 3.63) is 72.8 Å². The highest BCUT2D eigenvalue weighted by atomic mass is 32.2. The van der Waals surface area contributed by atoms with E-state index in [-0.39, 0.29) is 10.8 Å². The number of carbonyl (C=O) groups excluding carboxylic acids is 1. The second-order valence-corrected chi connectivity index (χ2v) is 10.1. The van der Waals surface area contributed by atoms with Crippen LogP contribution in [0.15, 0.2) is 82.8 Å². The van der Waals surface area contributed by atoms with Gasteiger partial charge < -0.3 is 10.1 Å². The maximum Gasteiger partial charge on any atom is 0.238 e. The number of nitrogens with zero attached hydrogens (tertiary/aromatic N) is 2. The summed E-state index contributed by atoms with van der Waals surface area (Å²) in [5.41, 5.74) is 3.13. The van der Waals surface area contributed by atoms with Gasteiger partial charge >= 0.3 is 0 Å². The second-order valence-electron chi connectivity index (χ2n) is 7.24. The van der Waals surface area contributed by atoms with E-state index in [1.54, 1.807) is 14.0 Å². The highest BCUT2D eigenvalue weighted by Gasteiger charge is 2.21. The largest absolute Gasteiger partial charge is 0.497 e. The maximum atomic E-state index is 12.8. The Bertz CT molecular complexity index is 1400. The van der Waals surface area contributed by atoms with Crippen molar-refractivity contribution in [1.82, 2.24) is 9.55 Å². The van der Waals surface area contributed by atoms with Crippen LogP contribution in [0.1, 0.15) is 6.92 Å². The van der Waals surface area contributed by atoms with Crippen LogP contribution in [0, 0.1) is 0 Å². The van der Waals surface area contributed by atoms with Crippen molar-refractivity contribution < 1.29 is 17.9 Å². The number of para-hydroxylation sites is 2. The fourth-order valence-electron chi connectivity index (χ4n) is 3.25. The average Bonchev–Trinajstić information content (AvgIpc) is 3.16. The standard InChI is InChI=1S/C23H22N4O4S2/c1-15(22(28)25-16-7-13-19(14-8-16)33(24,29)30)32-23-26-20-5-3-4-6-21(20)27(23)17-9-11-18(31-2)12-10-17/h3-15H,1-2H3,(H,25,28)(H2,24,29,30)/t15-/m1/s1. The van der Waals surface area contributed by atoms with Crippen molar-refractivity contribution in [2.45, 2.75) is 22.2 Å². The van der Waals surface area contributed by atoms with E-state index in [9.17, 15) is 13.2 Å². The molecular weight excluding hydrogens is 460 g/mol. The molecule has 4 aromatic rings. The zero-order valence-electron chi connectivity index (χ0n) is 17.9. The molecule has 3 N–H and O–H groups in total. The van der Waals surface area contributed by atoms with E-state index in [0.717, 1.165) is 22.5 Å². The van der Waals surface area contributed by atoms with Gasteiger partial charge in [-0.2, -0.15) is 0 Å². The van der Waals surface area contributed by atoms with Crippen LogP contribution in [0.4, 0.5) is 5.69 Å². The molecule has 10 heteroatoms. The zero-order valence-corrected chi connectivity index (χ0v) is 19.6. The summed E-state index contributed by atoms with van der Waals surface area (Å²) in [5, 5.41) is 8.12. The summed E-state index contributed by atoms with van der Waals surface area (Å²) in [6.45, 7) is 1.79. The van der Waals surface area contributed by atoms with E-state index in [1.165, 1.54) is 36.0 Å². The first-order valence-corrected chi connectivity index (χ1v) is 12.4. The molecule has 0 spiro atoms. The molecule has 0 aliphatic carbocycles. The van der Waals surface area contributed by atoms with Crippen LogP contribution in [0.3, 0.4) is 0 Å². The number of nitrogens with one attached hydrogen (secondary N) is 1. The number of carbonyl (C=O) groups is 1. The zero-order chi connectivity index (χ0) is 23.6. The highest BCUT2D eigenvalue weighted by molar-refractivity contribution is 8.00. The van der Waals surface area contributed by atoms with Crippen molar-refractivity contribution in [3.63, 3.8) is 0 Å². The number of aromatic nitrogens is 2. The SMILES string of the molecule is COc1ccc(-n2c(S[C@H](C)C(=O)Nc3ccc(S(N)(=O)=O)cc3)nc3ccccc32)cc1. The summed E-state index contributed by atoms with van der Waals surface area (Å²) in [6.07, 6.45) is 0. The Morgan fingerprint density at radius 2 is 1.73 bits per heavy atom. The van der Waals surface area contributed by atoms with Crippen molar-refractivity contribution >= 4 is 44.4 Å². The van der Waals surface area contributed by atoms with Gasteiger partial charge in [-0.25, -0.2) is 18.5 Å². The van der Waals surface area contributed by atoms with Crippen molar-refractivity contribution in [3.8, 4) is 11.4 Å². The Labute approximate surface area is 195 Å². The minimum absolute atomic E-state index is 0.0175. The minimum Gasteiger partial charge on any atom is -0.497 e. The van der Waals surface area contributed by atoms with Crippen LogP contribution in [0.2, 0.25) is 0 Å². The number of benzene rings is 3. The molecule has 8 nitrogen and oxygen atoms in total. The molecule has 1 heterocycles. The number of ether oxygens (including phenoxy) is 1. The van der Waals surface area contributed by atoms with Gasteiger partial charge in [0.1, 0.15) is 5.75 Å². The third kappa shape index (κ3) is 5.03. The number of sulfonamides is 1. The Hall–Kier alpha value is -3.34. The third-order valence-electron chi connectivity index (χ3n) is 4.96. The number of amides is 1. The molecule has 0 fully saturated rings. The number of fused-ring (bicyclic) bond motifs is 1. The normalized spacial score (nSPS) is 12.5. The Kier molecular flexibility index (Phi) is 6.41. The van der Waals surface area contributed by atoms with E-state index in [2.05, 4.69) is 5.32 Å². The van der Waals surface area contributed by atoms with Crippen LogP contribution in [-0.4, -0.2) is 36.2 Å². The summed E-state index contributed by atoms with van der Waals surface area (Å²) < 4.78 is 30.1. The summed E-state index contributed by atoms with van der Waals surface area (Å²) in [7, 11) is -2.17. The molecule has 170 valence electrons. The molecule has 33 heavy (non-hydrogen) atoms. The van der Waals surface area contributed by atoms with Gasteiger partial charge in [-0.1, -0.05) is 23.9 Å². The predicted octanol–water partition coefficient (Wildman–Crippen LogP) is 3.80. The number of imidazole rings is 1. The first-order valence-electron chi connectivity index (χ1n) is 9.98. The number of hydrogen-bond acceptors (Lipinski definition) is 6. The molecule has 1 atom stereocenters. The van der Waals surface area contributed by atoms with Crippen LogP contribution in [-0.2, 0) is 14.8 Å². The molecule has 4 rings (SSSR count). The number of hydrogen-bond donors (Lipinski definition) is 2. The molecule has 0 unspecified atom stereocenters. The number of rotatable bonds is 7. The van der Waals surface area contributed by atoms with Crippen molar-refractivity contribution in [1.29, 1.82) is 0 Å². The number of primary sulfonamides is 1. The van der Waals surface area contributed by atoms with Gasteiger partial charge in [0.05, 0.1) is 28.3 Å². The summed E-state index contributed by atoms with van der Waals surface area (Å²) in [5.74, 6) is 0.510. The van der Waals surface area contributed by atoms with E-state index >= 15 is 0 Å². The lowest BCUT2D eigenvalue weighted by Gasteiger charge is -2.14. The third-order valence-corrected chi connectivity index (χ3v) is 6.94. The van der Waals surface area contributed by atoms with Crippen LogP contribution in [0.5, 0.6) is 5.75 Å². The number of methoxy groups -OCH3 is 1. The molecule has 3 aromatic carbocycles. The Morgan fingerprint density at radius 1 is 1.06 bits per heavy atom. The quantitative estimate of drug-likeness (QED) is 0.387.